The molecule has 0 aliphatic heterocycles. The minimum absolute atomic E-state index is 0.193. The fraction of sp³-hybridized carbons (Fsp3) is 0.882. The van der Waals surface area contributed by atoms with Crippen molar-refractivity contribution >= 4 is 41.8 Å². The summed E-state index contributed by atoms with van der Waals surface area (Å²) in [5, 5.41) is 24.5. The Hall–Kier alpha value is -0.385. The smallest absolute Gasteiger partial charge is 0.426 e. The van der Waals surface area contributed by atoms with Crippen LogP contribution in [0.2, 0.25) is 0 Å². The zero-order valence-electron chi connectivity index (χ0n) is 16.8. The zero-order chi connectivity index (χ0) is 20.4. The fourth-order valence-corrected chi connectivity index (χ4v) is 3.23. The van der Waals surface area contributed by atoms with Crippen LogP contribution >= 0.6 is 22.9 Å². The minimum Gasteiger partial charge on any atom is -0.426 e. The van der Waals surface area contributed by atoms with Gasteiger partial charge in [-0.15, -0.1) is 0 Å². The Labute approximate surface area is 172 Å². The average molecular weight is 483 g/mol. The normalized spacial score (nSPS) is 15.1. The zero-order valence-corrected chi connectivity index (χ0v) is 18.9. The predicted molar refractivity (Wildman–Crippen MR) is 113 cm³/mol. The number of nitrogens with one attached hydrogen (secondary N) is 3. The summed E-state index contributed by atoms with van der Waals surface area (Å²) >= 11 is 1.95. The van der Waals surface area contributed by atoms with E-state index in [-0.39, 0.29) is 29.7 Å². The van der Waals surface area contributed by atoms with Gasteiger partial charge in [0.05, 0.1) is 12.0 Å². The Morgan fingerprint density at radius 2 is 1.23 bits per heavy atom. The van der Waals surface area contributed by atoms with Crippen LogP contribution in [-0.4, -0.2) is 47.0 Å². The molecule has 0 heterocycles. The van der Waals surface area contributed by atoms with Gasteiger partial charge in [-0.1, -0.05) is 41.5 Å². The second-order valence-electron chi connectivity index (χ2n) is 8.14. The van der Waals surface area contributed by atoms with Gasteiger partial charge in [0.1, 0.15) is 6.04 Å². The van der Waals surface area contributed by atoms with E-state index >= 15 is 0 Å². The van der Waals surface area contributed by atoms with Crippen LogP contribution in [0.1, 0.15) is 60.8 Å². The first-order valence-electron chi connectivity index (χ1n) is 9.30. The molecule has 0 aromatic heterocycles. The lowest BCUT2D eigenvalue weighted by molar-refractivity contribution is -0.130. The van der Waals surface area contributed by atoms with Gasteiger partial charge in [0, 0.05) is 22.9 Å². The largest absolute Gasteiger partial charge is 0.475 e. The van der Waals surface area contributed by atoms with Crippen molar-refractivity contribution in [1.82, 2.24) is 14.2 Å². The van der Waals surface area contributed by atoms with E-state index in [0.717, 1.165) is 0 Å². The number of hydrogen-bond acceptors (Lipinski definition) is 5. The van der Waals surface area contributed by atoms with Crippen molar-refractivity contribution in [3.05, 3.63) is 0 Å². The number of carbonyl (C=O) groups excluding carboxylic acids is 2. The standard InChI is InChI=1S/C17H35BIN3O4/c1-10(2)7-13(20-17(24)14(22-19)8-11(3)4)16(23)21-15(18(25)26)9-12(5)6/h10-15,22,25-26H,7-9H2,1-6H3,(H,20,24)(H,21,23)/t13-,14-,15-/m0/s1. The van der Waals surface area contributed by atoms with Gasteiger partial charge in [-0.05, 0) is 37.0 Å². The van der Waals surface area contributed by atoms with E-state index in [2.05, 4.69) is 14.2 Å². The van der Waals surface area contributed by atoms with Gasteiger partial charge < -0.3 is 20.7 Å². The maximum atomic E-state index is 12.7. The predicted octanol–water partition coefficient (Wildman–Crippen LogP) is 1.41. The van der Waals surface area contributed by atoms with Crippen molar-refractivity contribution in [2.45, 2.75) is 78.8 Å². The van der Waals surface area contributed by atoms with Crippen LogP contribution in [0.4, 0.5) is 0 Å². The molecule has 2 amide bonds. The molecule has 0 saturated carbocycles. The summed E-state index contributed by atoms with van der Waals surface area (Å²) in [6.07, 6.45) is 1.58. The van der Waals surface area contributed by atoms with Gasteiger partial charge in [-0.25, -0.2) is 3.53 Å². The van der Waals surface area contributed by atoms with E-state index in [1.807, 2.05) is 64.4 Å². The Bertz CT molecular complexity index is 436. The number of rotatable bonds is 12. The summed E-state index contributed by atoms with van der Waals surface area (Å²) < 4.78 is 2.96. The summed E-state index contributed by atoms with van der Waals surface area (Å²) in [5.74, 6) is -0.640. The molecule has 0 radical (unpaired) electrons. The topological polar surface area (TPSA) is 111 Å². The lowest BCUT2D eigenvalue weighted by Crippen LogP contribution is -2.56. The third-order valence-corrected chi connectivity index (χ3v) is 4.66. The first-order chi connectivity index (χ1) is 12.0. The third kappa shape index (κ3) is 10.7. The molecule has 0 spiro atoms. The highest BCUT2D eigenvalue weighted by atomic mass is 127. The highest BCUT2D eigenvalue weighted by Crippen LogP contribution is 2.11. The van der Waals surface area contributed by atoms with Gasteiger partial charge in [0.25, 0.3) is 0 Å². The van der Waals surface area contributed by atoms with Crippen molar-refractivity contribution in [3.8, 4) is 0 Å². The number of carbonyl (C=O) groups is 2. The van der Waals surface area contributed by atoms with Crippen molar-refractivity contribution < 1.29 is 19.6 Å². The molecule has 5 N–H and O–H groups in total. The first kappa shape index (κ1) is 25.6. The van der Waals surface area contributed by atoms with Gasteiger partial charge in [-0.2, -0.15) is 0 Å². The van der Waals surface area contributed by atoms with Gasteiger partial charge in [-0.3, -0.25) is 9.59 Å². The Balaban J connectivity index is 5.10. The highest BCUT2D eigenvalue weighted by molar-refractivity contribution is 14.1. The fourth-order valence-electron chi connectivity index (χ4n) is 2.69. The molecular weight excluding hydrogens is 448 g/mol. The summed E-state index contributed by atoms with van der Waals surface area (Å²) in [7, 11) is -1.64. The Morgan fingerprint density at radius 1 is 0.808 bits per heavy atom. The number of halogens is 1. The van der Waals surface area contributed by atoms with E-state index in [4.69, 9.17) is 0 Å². The molecule has 0 aromatic carbocycles. The van der Waals surface area contributed by atoms with Crippen molar-refractivity contribution in [2.24, 2.45) is 17.8 Å². The van der Waals surface area contributed by atoms with Crippen LogP contribution in [0.15, 0.2) is 0 Å². The molecule has 152 valence electrons. The SMILES string of the molecule is CC(C)C[C@H](NC(=O)[C@H](CC(C)C)NC(=O)[C@H](CC(C)C)NI)B(O)O. The molecule has 7 nitrogen and oxygen atoms in total. The highest BCUT2D eigenvalue weighted by Gasteiger charge is 2.31. The minimum atomic E-state index is -1.64. The molecule has 0 aromatic rings. The van der Waals surface area contributed by atoms with Crippen LogP contribution in [0.5, 0.6) is 0 Å². The quantitative estimate of drug-likeness (QED) is 0.164. The maximum Gasteiger partial charge on any atom is 0.475 e. The van der Waals surface area contributed by atoms with Crippen molar-refractivity contribution in [3.63, 3.8) is 0 Å². The Morgan fingerprint density at radius 3 is 1.62 bits per heavy atom. The van der Waals surface area contributed by atoms with Crippen LogP contribution in [0.25, 0.3) is 0 Å². The van der Waals surface area contributed by atoms with E-state index in [1.165, 1.54) is 0 Å². The molecule has 0 unspecified atom stereocenters. The van der Waals surface area contributed by atoms with Crippen LogP contribution in [0, 0.1) is 17.8 Å². The molecule has 3 atom stereocenters. The molecule has 0 rings (SSSR count). The molecule has 0 bridgehead atoms. The van der Waals surface area contributed by atoms with Crippen molar-refractivity contribution in [1.29, 1.82) is 0 Å². The lowest BCUT2D eigenvalue weighted by atomic mass is 9.75. The van der Waals surface area contributed by atoms with Crippen LogP contribution < -0.4 is 14.2 Å². The summed E-state index contributed by atoms with van der Waals surface area (Å²) in [5.41, 5.74) is 0. The Kier molecular flexibility index (Phi) is 12.7. The molecule has 0 fully saturated rings. The number of amides is 2. The second kappa shape index (κ2) is 12.9. The van der Waals surface area contributed by atoms with Crippen molar-refractivity contribution in [2.75, 3.05) is 0 Å². The molecular formula is C17H35BIN3O4. The second-order valence-corrected chi connectivity index (χ2v) is 8.76. The average Bonchev–Trinajstić information content (AvgIpc) is 2.49. The van der Waals surface area contributed by atoms with Gasteiger partial charge >= 0.3 is 7.12 Å². The van der Waals surface area contributed by atoms with Crippen LogP contribution in [0.3, 0.4) is 0 Å². The molecule has 0 aliphatic carbocycles. The third-order valence-electron chi connectivity index (χ3n) is 3.91. The summed E-state index contributed by atoms with van der Waals surface area (Å²) in [6.45, 7) is 11.9. The summed E-state index contributed by atoms with van der Waals surface area (Å²) in [4.78, 5) is 25.2. The van der Waals surface area contributed by atoms with E-state index in [0.29, 0.717) is 25.2 Å². The maximum absolute atomic E-state index is 12.7. The lowest BCUT2D eigenvalue weighted by Gasteiger charge is -2.26. The van der Waals surface area contributed by atoms with Gasteiger partial charge in [0.2, 0.25) is 11.8 Å². The van der Waals surface area contributed by atoms with Gasteiger partial charge in [0.15, 0.2) is 0 Å². The van der Waals surface area contributed by atoms with Crippen LogP contribution in [-0.2, 0) is 9.59 Å². The number of hydrogen-bond donors (Lipinski definition) is 5. The summed E-state index contributed by atoms with van der Waals surface area (Å²) in [6, 6.07) is -1.09. The molecule has 0 saturated heterocycles. The molecule has 9 heteroatoms. The van der Waals surface area contributed by atoms with E-state index in [9.17, 15) is 19.6 Å². The first-order valence-corrected chi connectivity index (χ1v) is 10.4. The molecule has 26 heavy (non-hydrogen) atoms. The van der Waals surface area contributed by atoms with E-state index in [1.54, 1.807) is 0 Å². The molecule has 0 aliphatic rings. The monoisotopic (exact) mass is 483 g/mol. The van der Waals surface area contributed by atoms with E-state index < -0.39 is 19.1 Å².